The Morgan fingerprint density at radius 1 is 1.33 bits per heavy atom. The maximum absolute atomic E-state index is 11.9. The fourth-order valence-corrected chi connectivity index (χ4v) is 2.71. The van der Waals surface area contributed by atoms with Crippen LogP contribution in [-0.2, 0) is 21.2 Å². The summed E-state index contributed by atoms with van der Waals surface area (Å²) >= 11 is 0. The average molecular weight is 311 g/mol. The van der Waals surface area contributed by atoms with Gasteiger partial charge in [0.15, 0.2) is 0 Å². The van der Waals surface area contributed by atoms with Gasteiger partial charge in [-0.1, -0.05) is 18.8 Å². The quantitative estimate of drug-likeness (QED) is 0.589. The van der Waals surface area contributed by atoms with Crippen LogP contribution in [0, 0.1) is 11.8 Å². The van der Waals surface area contributed by atoms with Gasteiger partial charge >= 0.3 is 0 Å². The van der Waals surface area contributed by atoms with Crippen molar-refractivity contribution >= 4 is 15.7 Å². The number of sulfonamides is 1. The van der Waals surface area contributed by atoms with E-state index < -0.39 is 10.0 Å². The Hall–Kier alpha value is -1.55. The van der Waals surface area contributed by atoms with Crippen molar-refractivity contribution in [1.29, 1.82) is 0 Å². The Balaban J connectivity index is 2.88. The van der Waals surface area contributed by atoms with Gasteiger partial charge in [-0.05, 0) is 37.1 Å². The van der Waals surface area contributed by atoms with Crippen molar-refractivity contribution in [3.63, 3.8) is 0 Å². The fourth-order valence-electron chi connectivity index (χ4n) is 1.74. The summed E-state index contributed by atoms with van der Waals surface area (Å²) in [5.74, 6) is 5.30. The van der Waals surface area contributed by atoms with E-state index in [4.69, 9.17) is 9.84 Å². The third-order valence-corrected chi connectivity index (χ3v) is 4.00. The number of ether oxygens (including phenoxy) is 1. The van der Waals surface area contributed by atoms with Crippen LogP contribution >= 0.6 is 0 Å². The first-order valence-electron chi connectivity index (χ1n) is 6.83. The summed E-state index contributed by atoms with van der Waals surface area (Å²) in [6.45, 7) is 4.23. The zero-order valence-electron chi connectivity index (χ0n) is 12.3. The minimum Gasteiger partial charge on any atom is -0.384 e. The van der Waals surface area contributed by atoms with Crippen molar-refractivity contribution < 1.29 is 18.3 Å². The standard InChI is InChI=1S/C15H21NO4S/c1-3-14-12-13(6-5-9-17)7-8-15(14)16-21(18,19)11-10-20-4-2/h7-8,12,16-17H,3-4,9-11H2,1-2H3. The molecule has 0 bridgehead atoms. The summed E-state index contributed by atoms with van der Waals surface area (Å²) in [7, 11) is -3.42. The lowest BCUT2D eigenvalue weighted by Crippen LogP contribution is -2.21. The predicted octanol–water partition coefficient (Wildman–Crippen LogP) is 1.37. The lowest BCUT2D eigenvalue weighted by Gasteiger charge is -2.12. The molecule has 1 aromatic carbocycles. The average Bonchev–Trinajstić information content (AvgIpc) is 2.46. The summed E-state index contributed by atoms with van der Waals surface area (Å²) in [5, 5.41) is 8.69. The third kappa shape index (κ3) is 6.17. The largest absolute Gasteiger partial charge is 0.384 e. The van der Waals surface area contributed by atoms with E-state index in [9.17, 15) is 8.42 Å². The van der Waals surface area contributed by atoms with Crippen molar-refractivity contribution in [1.82, 2.24) is 0 Å². The lowest BCUT2D eigenvalue weighted by atomic mass is 10.1. The number of anilines is 1. The molecule has 0 heterocycles. The molecule has 0 spiro atoms. The molecule has 1 rings (SSSR count). The van der Waals surface area contributed by atoms with E-state index >= 15 is 0 Å². The van der Waals surface area contributed by atoms with Crippen molar-refractivity contribution in [3.8, 4) is 11.8 Å². The normalized spacial score (nSPS) is 10.8. The van der Waals surface area contributed by atoms with Gasteiger partial charge in [-0.3, -0.25) is 4.72 Å². The number of hydrogen-bond donors (Lipinski definition) is 2. The Morgan fingerprint density at radius 2 is 2.10 bits per heavy atom. The van der Waals surface area contributed by atoms with Gasteiger partial charge in [0.1, 0.15) is 6.61 Å². The molecule has 0 aliphatic rings. The van der Waals surface area contributed by atoms with Crippen LogP contribution in [-0.4, -0.2) is 39.1 Å². The Bertz CT molecular complexity index is 614. The van der Waals surface area contributed by atoms with Gasteiger partial charge in [0.25, 0.3) is 0 Å². The molecule has 1 aromatic rings. The van der Waals surface area contributed by atoms with Crippen LogP contribution in [0.4, 0.5) is 5.69 Å². The molecular formula is C15H21NO4S. The zero-order chi connectivity index (χ0) is 15.7. The highest BCUT2D eigenvalue weighted by Gasteiger charge is 2.12. The van der Waals surface area contributed by atoms with Gasteiger partial charge in [-0.25, -0.2) is 8.42 Å². The van der Waals surface area contributed by atoms with Crippen molar-refractivity contribution in [3.05, 3.63) is 29.3 Å². The lowest BCUT2D eigenvalue weighted by molar-refractivity contribution is 0.163. The second kappa shape index (κ2) is 8.67. The van der Waals surface area contributed by atoms with E-state index in [-0.39, 0.29) is 19.0 Å². The molecule has 5 nitrogen and oxygen atoms in total. The number of rotatable bonds is 7. The third-order valence-electron chi connectivity index (χ3n) is 2.76. The van der Waals surface area contributed by atoms with Gasteiger partial charge in [-0.15, -0.1) is 0 Å². The Morgan fingerprint density at radius 3 is 2.71 bits per heavy atom. The first kappa shape index (κ1) is 17.5. The molecule has 21 heavy (non-hydrogen) atoms. The van der Waals surface area contributed by atoms with Crippen molar-refractivity contribution in [2.75, 3.05) is 30.3 Å². The second-order valence-electron chi connectivity index (χ2n) is 4.30. The topological polar surface area (TPSA) is 75.6 Å². The molecule has 2 N–H and O–H groups in total. The summed E-state index contributed by atoms with van der Waals surface area (Å²) in [6, 6.07) is 5.24. The predicted molar refractivity (Wildman–Crippen MR) is 83.7 cm³/mol. The number of aliphatic hydroxyl groups is 1. The van der Waals surface area contributed by atoms with E-state index in [1.807, 2.05) is 19.9 Å². The van der Waals surface area contributed by atoms with E-state index in [1.54, 1.807) is 12.1 Å². The molecule has 0 saturated carbocycles. The van der Waals surface area contributed by atoms with Crippen LogP contribution in [0.15, 0.2) is 18.2 Å². The van der Waals surface area contributed by atoms with Crippen LogP contribution in [0.3, 0.4) is 0 Å². The van der Waals surface area contributed by atoms with Crippen LogP contribution in [0.25, 0.3) is 0 Å². The van der Waals surface area contributed by atoms with E-state index in [0.717, 1.165) is 11.1 Å². The highest BCUT2D eigenvalue weighted by atomic mass is 32.2. The first-order valence-corrected chi connectivity index (χ1v) is 8.48. The molecule has 0 atom stereocenters. The number of aliphatic hydroxyl groups excluding tert-OH is 1. The smallest absolute Gasteiger partial charge is 0.235 e. The SMILES string of the molecule is CCOCCS(=O)(=O)Nc1ccc(C#CCO)cc1CC. The van der Waals surface area contributed by atoms with E-state index in [2.05, 4.69) is 16.6 Å². The Labute approximate surface area is 126 Å². The van der Waals surface area contributed by atoms with Crippen molar-refractivity contribution in [2.45, 2.75) is 20.3 Å². The monoisotopic (exact) mass is 311 g/mol. The zero-order valence-corrected chi connectivity index (χ0v) is 13.2. The molecular weight excluding hydrogens is 290 g/mol. The summed E-state index contributed by atoms with van der Waals surface area (Å²) in [5.41, 5.74) is 2.17. The van der Waals surface area contributed by atoms with E-state index in [0.29, 0.717) is 18.7 Å². The highest BCUT2D eigenvalue weighted by Crippen LogP contribution is 2.19. The van der Waals surface area contributed by atoms with Gasteiger partial charge in [0.05, 0.1) is 18.0 Å². The van der Waals surface area contributed by atoms with Gasteiger partial charge in [-0.2, -0.15) is 0 Å². The summed E-state index contributed by atoms with van der Waals surface area (Å²) < 4.78 is 31.5. The molecule has 6 heteroatoms. The molecule has 0 aromatic heterocycles. The van der Waals surface area contributed by atoms with Crippen molar-refractivity contribution in [2.24, 2.45) is 0 Å². The molecule has 0 unspecified atom stereocenters. The first-order chi connectivity index (χ1) is 10.0. The number of aryl methyl sites for hydroxylation is 1. The molecule has 0 fully saturated rings. The summed E-state index contributed by atoms with van der Waals surface area (Å²) in [6.07, 6.45) is 0.679. The van der Waals surface area contributed by atoms with Gasteiger partial charge in [0, 0.05) is 12.2 Å². The number of hydrogen-bond acceptors (Lipinski definition) is 4. The van der Waals surface area contributed by atoms with Gasteiger partial charge < -0.3 is 9.84 Å². The molecule has 0 aliphatic carbocycles. The second-order valence-corrected chi connectivity index (χ2v) is 6.15. The molecule has 0 amide bonds. The summed E-state index contributed by atoms with van der Waals surface area (Å²) in [4.78, 5) is 0. The molecule has 116 valence electrons. The maximum Gasteiger partial charge on any atom is 0.235 e. The Kier molecular flexibility index (Phi) is 7.23. The minimum absolute atomic E-state index is 0.0733. The molecule has 0 aliphatic heterocycles. The fraction of sp³-hybridized carbons (Fsp3) is 0.467. The van der Waals surface area contributed by atoms with Crippen LogP contribution in [0.2, 0.25) is 0 Å². The minimum atomic E-state index is -3.42. The van der Waals surface area contributed by atoms with Crippen LogP contribution < -0.4 is 4.72 Å². The number of benzene rings is 1. The number of nitrogens with one attached hydrogen (secondary N) is 1. The molecule has 0 saturated heterocycles. The molecule has 0 radical (unpaired) electrons. The van der Waals surface area contributed by atoms with Crippen LogP contribution in [0.1, 0.15) is 25.0 Å². The highest BCUT2D eigenvalue weighted by molar-refractivity contribution is 7.92. The maximum atomic E-state index is 11.9. The van der Waals surface area contributed by atoms with E-state index in [1.165, 1.54) is 0 Å². The van der Waals surface area contributed by atoms with Crippen LogP contribution in [0.5, 0.6) is 0 Å². The van der Waals surface area contributed by atoms with Gasteiger partial charge in [0.2, 0.25) is 10.0 Å².